The van der Waals surface area contributed by atoms with Crippen molar-refractivity contribution in [2.75, 3.05) is 0 Å². The molecule has 0 N–H and O–H groups in total. The first-order valence-corrected chi connectivity index (χ1v) is 19.1. The molecule has 8 atom stereocenters. The number of hydrogen-bond acceptors (Lipinski definition) is 0. The topological polar surface area (TPSA) is 0 Å². The van der Waals surface area contributed by atoms with Gasteiger partial charge in [-0.15, -0.1) is 0 Å². The second-order valence-electron chi connectivity index (χ2n) is 10.6. The average Bonchev–Trinajstić information content (AvgIpc) is 3.50. The molecule has 2 saturated carbocycles. The van der Waals surface area contributed by atoms with Gasteiger partial charge in [0.25, 0.3) is 0 Å². The number of halogens is 2. The summed E-state index contributed by atoms with van der Waals surface area (Å²) >= 11 is -0.826. The first-order valence-electron chi connectivity index (χ1n) is 12.7. The molecule has 0 bridgehead atoms. The molecule has 0 spiro atoms. The van der Waals surface area contributed by atoms with Crippen molar-refractivity contribution in [2.24, 2.45) is 53.3 Å². The molecule has 7 rings (SSSR count). The van der Waals surface area contributed by atoms with Gasteiger partial charge in [0.05, 0.1) is 0 Å². The van der Waals surface area contributed by atoms with E-state index in [0.717, 1.165) is 5.92 Å². The summed E-state index contributed by atoms with van der Waals surface area (Å²) in [4.78, 5) is 0. The van der Waals surface area contributed by atoms with E-state index >= 15 is 0 Å². The van der Waals surface area contributed by atoms with Crippen molar-refractivity contribution >= 4 is 35.3 Å². The standard InChI is InChI=1S/C17H17B.C14H15.2CH3.2ClH.Zr/c1-10-9-14-12(11(10)2)7-8-16-17(14)13-5-3-4-6-15(13)18-16;1-10-11-6-2-4-8-13(11)14-9-5-3-7-12(10)14;;;;;/h3-8,10-12,14H,2,9H2,1H3;2-14H,1H2;2*1H3;2*1H;/q4*-1;;;+2/p-2. The summed E-state index contributed by atoms with van der Waals surface area (Å²) in [5, 5.41) is 0. The molecule has 5 aliphatic carbocycles. The van der Waals surface area contributed by atoms with Crippen LogP contribution in [0.15, 0.2) is 90.5 Å². The molecule has 1 aromatic rings. The monoisotopic (exact) mass is 605 g/mol. The van der Waals surface area contributed by atoms with E-state index in [9.17, 15) is 0 Å². The summed E-state index contributed by atoms with van der Waals surface area (Å²) in [6.45, 7) is 11.1. The van der Waals surface area contributed by atoms with E-state index < -0.39 is 20.8 Å². The van der Waals surface area contributed by atoms with Gasteiger partial charge in [0.2, 0.25) is 0 Å². The summed E-state index contributed by atoms with van der Waals surface area (Å²) in [5.41, 5.74) is 5.90. The molecule has 0 amide bonds. The molecule has 2 fully saturated rings. The van der Waals surface area contributed by atoms with Gasteiger partial charge in [0, 0.05) is 0 Å². The summed E-state index contributed by atoms with van der Waals surface area (Å²) in [7, 11) is 12.2. The van der Waals surface area contributed by atoms with Gasteiger partial charge >= 0.3 is 37.9 Å². The van der Waals surface area contributed by atoms with Crippen LogP contribution in [0.2, 0.25) is 0 Å². The molecule has 1 heterocycles. The van der Waals surface area contributed by atoms with Crippen LogP contribution in [0, 0.1) is 82.0 Å². The minimum absolute atomic E-state index is 0. The summed E-state index contributed by atoms with van der Waals surface area (Å²) < 4.78 is 0. The van der Waals surface area contributed by atoms with E-state index in [0.29, 0.717) is 47.3 Å². The Labute approximate surface area is 246 Å². The number of hydrogen-bond donors (Lipinski definition) is 0. The van der Waals surface area contributed by atoms with Crippen LogP contribution in [-0.2, 0) is 20.8 Å². The van der Waals surface area contributed by atoms with Crippen molar-refractivity contribution in [3.8, 4) is 0 Å². The van der Waals surface area contributed by atoms with E-state index in [-0.39, 0.29) is 14.9 Å². The van der Waals surface area contributed by atoms with Crippen LogP contribution in [-0.4, -0.2) is 7.28 Å². The van der Waals surface area contributed by atoms with Crippen LogP contribution in [0.5, 0.6) is 0 Å². The fourth-order valence-electron chi connectivity index (χ4n) is 7.20. The second kappa shape index (κ2) is 13.5. The maximum absolute atomic E-state index is 4.93. The van der Waals surface area contributed by atoms with Crippen molar-refractivity contribution in [1.29, 1.82) is 0 Å². The summed E-state index contributed by atoms with van der Waals surface area (Å²) in [6.07, 6.45) is 24.1. The maximum atomic E-state index is 4.93. The fourth-order valence-corrected chi connectivity index (χ4v) is 7.20. The SMILES string of the molecule is [CH2-]C1C(C)CC2C3=C([B]c4ccccc43)C=CC21.[CH2-]C1C2C=CC=CC2C2C=CC=CC12.[CH3-].[CH3-].[Cl][Zr][Cl]. The van der Waals surface area contributed by atoms with E-state index in [4.69, 9.17) is 17.0 Å². The first-order chi connectivity index (χ1) is 17.0. The number of rotatable bonds is 0. The van der Waals surface area contributed by atoms with Gasteiger partial charge in [-0.3, -0.25) is 0 Å². The van der Waals surface area contributed by atoms with Crippen LogP contribution in [0.4, 0.5) is 0 Å². The van der Waals surface area contributed by atoms with Crippen LogP contribution < -0.4 is 5.46 Å². The number of allylic oxidation sites excluding steroid dienone is 12. The molecule has 1 aliphatic heterocycles. The molecular formula is C33H38BCl2Zr-4. The molecule has 1 aromatic carbocycles. The molecule has 0 aromatic heterocycles. The van der Waals surface area contributed by atoms with Crippen molar-refractivity contribution < 1.29 is 20.8 Å². The Morgan fingerprint density at radius 2 is 1.32 bits per heavy atom. The molecule has 1 radical (unpaired) electrons. The van der Waals surface area contributed by atoms with Gasteiger partial charge in [-0.25, -0.2) is 0 Å². The van der Waals surface area contributed by atoms with Gasteiger partial charge in [-0.1, -0.05) is 109 Å². The van der Waals surface area contributed by atoms with Crippen LogP contribution in [0.1, 0.15) is 18.9 Å². The Bertz CT molecular complexity index is 1080. The van der Waals surface area contributed by atoms with Gasteiger partial charge in [-0.2, -0.15) is 11.8 Å². The van der Waals surface area contributed by atoms with Gasteiger partial charge < -0.3 is 28.7 Å². The molecule has 37 heavy (non-hydrogen) atoms. The Morgan fingerprint density at radius 3 is 1.92 bits per heavy atom. The normalized spacial score (nSPS) is 36.1. The third-order valence-electron chi connectivity index (χ3n) is 8.94. The number of benzene rings is 1. The van der Waals surface area contributed by atoms with E-state index in [1.54, 1.807) is 5.57 Å². The molecule has 6 aliphatic rings. The first kappa shape index (κ1) is 30.7. The van der Waals surface area contributed by atoms with Crippen molar-refractivity contribution in [3.63, 3.8) is 0 Å². The molecular weight excluding hydrogens is 569 g/mol. The third-order valence-corrected chi connectivity index (χ3v) is 8.94. The van der Waals surface area contributed by atoms with Crippen molar-refractivity contribution in [2.45, 2.75) is 13.3 Å². The van der Waals surface area contributed by atoms with E-state index in [2.05, 4.69) is 113 Å². The Kier molecular flexibility index (Phi) is 11.2. The molecule has 195 valence electrons. The second-order valence-corrected chi connectivity index (χ2v) is 14.3. The van der Waals surface area contributed by atoms with E-state index in [1.165, 1.54) is 22.9 Å². The Hall–Kier alpha value is -0.812. The van der Waals surface area contributed by atoms with Gasteiger partial charge in [0.1, 0.15) is 0 Å². The predicted molar refractivity (Wildman–Crippen MR) is 161 cm³/mol. The zero-order chi connectivity index (χ0) is 24.5. The zero-order valence-electron chi connectivity index (χ0n) is 22.2. The minimum atomic E-state index is -0.826. The average molecular weight is 608 g/mol. The summed E-state index contributed by atoms with van der Waals surface area (Å²) in [5.74, 6) is 5.90. The van der Waals surface area contributed by atoms with Crippen LogP contribution >= 0.6 is 17.0 Å². The molecule has 0 saturated heterocycles. The Balaban J connectivity index is 0.000000181. The van der Waals surface area contributed by atoms with Crippen LogP contribution in [0.25, 0.3) is 5.57 Å². The van der Waals surface area contributed by atoms with Crippen LogP contribution in [0.3, 0.4) is 0 Å². The Morgan fingerprint density at radius 1 is 0.784 bits per heavy atom. The van der Waals surface area contributed by atoms with Crippen molar-refractivity contribution in [3.05, 3.63) is 125 Å². The van der Waals surface area contributed by atoms with E-state index in [1.807, 2.05) is 0 Å². The zero-order valence-corrected chi connectivity index (χ0v) is 26.2. The molecule has 8 unspecified atom stereocenters. The van der Waals surface area contributed by atoms with Crippen molar-refractivity contribution in [1.82, 2.24) is 0 Å². The fraction of sp³-hybridized carbons (Fsp3) is 0.333. The molecule has 4 heteroatoms. The molecule has 0 nitrogen and oxygen atoms in total. The van der Waals surface area contributed by atoms with Gasteiger partial charge in [-0.05, 0) is 53.1 Å². The number of fused-ring (bicyclic) bond motifs is 7. The van der Waals surface area contributed by atoms with Gasteiger partial charge in [0.15, 0.2) is 7.28 Å². The third kappa shape index (κ3) is 5.88. The quantitative estimate of drug-likeness (QED) is 0.205. The predicted octanol–water partition coefficient (Wildman–Crippen LogP) is 8.48. The summed E-state index contributed by atoms with van der Waals surface area (Å²) in [6, 6.07) is 8.81.